The van der Waals surface area contributed by atoms with Crippen LogP contribution in [0.15, 0.2) is 42.5 Å². The summed E-state index contributed by atoms with van der Waals surface area (Å²) in [5.41, 5.74) is 1.44. The molecule has 2 aromatic rings. The van der Waals surface area contributed by atoms with E-state index in [0.29, 0.717) is 0 Å². The summed E-state index contributed by atoms with van der Waals surface area (Å²) in [4.78, 5) is 0. The number of hydrogen-bond acceptors (Lipinski definition) is 0. The van der Waals surface area contributed by atoms with Crippen LogP contribution >= 0.6 is 24.0 Å². The number of alkyl halides is 3. The molecule has 0 aromatic heterocycles. The Morgan fingerprint density at radius 2 is 1.47 bits per heavy atom. The number of aryl methyl sites for hydroxylation is 1. The maximum Gasteiger partial charge on any atom is 0.379 e. The van der Waals surface area contributed by atoms with E-state index in [9.17, 15) is 13.2 Å². The van der Waals surface area contributed by atoms with Crippen molar-refractivity contribution in [3.05, 3.63) is 48.0 Å². The van der Waals surface area contributed by atoms with Crippen molar-refractivity contribution in [3.8, 4) is 0 Å². The third-order valence-corrected chi connectivity index (χ3v) is 2.26. The molecule has 0 aliphatic rings. The Bertz CT molecular complexity index is 435. The van der Waals surface area contributed by atoms with Gasteiger partial charge in [-0.1, -0.05) is 49.4 Å². The molecular formula is C13H14F3I. The summed E-state index contributed by atoms with van der Waals surface area (Å²) in [6.07, 6.45) is 1.11. The number of benzene rings is 2. The van der Waals surface area contributed by atoms with Crippen molar-refractivity contribution < 1.29 is 13.2 Å². The van der Waals surface area contributed by atoms with Crippen LogP contribution in [0, 0.1) is 0 Å². The molecule has 0 aliphatic heterocycles. The molecule has 0 fully saturated rings. The maximum absolute atomic E-state index is 9.67. The SMILES string of the molecule is CCc1cccc2ccccc12.FC(F)F.I. The van der Waals surface area contributed by atoms with Crippen LogP contribution in [-0.4, -0.2) is 6.68 Å². The normalized spacial score (nSPS) is 9.47. The van der Waals surface area contributed by atoms with Crippen molar-refractivity contribution in [1.82, 2.24) is 0 Å². The van der Waals surface area contributed by atoms with Crippen LogP contribution in [0.3, 0.4) is 0 Å². The average molecular weight is 354 g/mol. The molecule has 4 heteroatoms. The molecule has 0 saturated heterocycles. The van der Waals surface area contributed by atoms with Crippen LogP contribution in [0.1, 0.15) is 12.5 Å². The summed E-state index contributed by atoms with van der Waals surface area (Å²) >= 11 is 0. The lowest BCUT2D eigenvalue weighted by Gasteiger charge is -2.02. The lowest BCUT2D eigenvalue weighted by atomic mass is 10.0. The van der Waals surface area contributed by atoms with E-state index in [1.165, 1.54) is 16.3 Å². The van der Waals surface area contributed by atoms with Crippen molar-refractivity contribution in [1.29, 1.82) is 0 Å². The van der Waals surface area contributed by atoms with Gasteiger partial charge in [0.15, 0.2) is 0 Å². The van der Waals surface area contributed by atoms with Gasteiger partial charge >= 0.3 is 6.68 Å². The largest absolute Gasteiger partial charge is 0.379 e. The summed E-state index contributed by atoms with van der Waals surface area (Å²) in [5, 5.41) is 2.74. The standard InChI is InChI=1S/C12H12.CHF3.HI/c1-2-10-7-5-8-11-6-3-4-9-12(10)11;2-1(3)4;/h3-9H,2H2,1H3;1H;1H. The molecule has 0 radical (unpaired) electrons. The highest BCUT2D eigenvalue weighted by Gasteiger charge is 1.95. The van der Waals surface area contributed by atoms with Gasteiger partial charge in [-0.15, -0.1) is 24.0 Å². The average Bonchev–Trinajstić information content (AvgIpc) is 2.27. The van der Waals surface area contributed by atoms with Gasteiger partial charge in [0.2, 0.25) is 0 Å². The monoisotopic (exact) mass is 354 g/mol. The highest BCUT2D eigenvalue weighted by molar-refractivity contribution is 14.0. The molecule has 0 N–H and O–H groups in total. The minimum Gasteiger partial charge on any atom is -0.174 e. The summed E-state index contributed by atoms with van der Waals surface area (Å²) < 4.78 is 29.0. The van der Waals surface area contributed by atoms with E-state index in [1.807, 2.05) is 0 Å². The lowest BCUT2D eigenvalue weighted by Crippen LogP contribution is -1.81. The van der Waals surface area contributed by atoms with Gasteiger partial charge in [0.1, 0.15) is 0 Å². The molecule has 2 aromatic carbocycles. The zero-order valence-electron chi connectivity index (χ0n) is 9.37. The molecule has 94 valence electrons. The molecule has 0 spiro atoms. The van der Waals surface area contributed by atoms with Crippen LogP contribution in [0.5, 0.6) is 0 Å². The van der Waals surface area contributed by atoms with Gasteiger partial charge < -0.3 is 0 Å². The minimum absolute atomic E-state index is 0. The fraction of sp³-hybridized carbons (Fsp3) is 0.231. The van der Waals surface area contributed by atoms with Gasteiger partial charge in [-0.2, -0.15) is 13.2 Å². The molecule has 0 unspecified atom stereocenters. The van der Waals surface area contributed by atoms with Gasteiger partial charge in [-0.3, -0.25) is 0 Å². The van der Waals surface area contributed by atoms with Crippen molar-refractivity contribution in [2.24, 2.45) is 0 Å². The second-order valence-electron chi connectivity index (χ2n) is 3.24. The molecule has 0 atom stereocenters. The predicted molar refractivity (Wildman–Crippen MR) is 75.9 cm³/mol. The van der Waals surface area contributed by atoms with Crippen molar-refractivity contribution >= 4 is 34.7 Å². The second kappa shape index (κ2) is 8.33. The third-order valence-electron chi connectivity index (χ3n) is 2.26. The Hall–Kier alpha value is -0.780. The van der Waals surface area contributed by atoms with Crippen molar-refractivity contribution in [3.63, 3.8) is 0 Å². The van der Waals surface area contributed by atoms with Crippen molar-refractivity contribution in [2.75, 3.05) is 0 Å². The topological polar surface area (TPSA) is 0 Å². The highest BCUT2D eigenvalue weighted by atomic mass is 127. The van der Waals surface area contributed by atoms with E-state index >= 15 is 0 Å². The Balaban J connectivity index is 0.000000453. The van der Waals surface area contributed by atoms with Gasteiger partial charge in [-0.25, -0.2) is 0 Å². The first-order valence-electron chi connectivity index (χ1n) is 5.04. The third kappa shape index (κ3) is 5.39. The molecule has 0 nitrogen and oxygen atoms in total. The van der Waals surface area contributed by atoms with E-state index in [0.717, 1.165) is 6.42 Å². The lowest BCUT2D eigenvalue weighted by molar-refractivity contribution is 0.00819. The highest BCUT2D eigenvalue weighted by Crippen LogP contribution is 2.18. The summed E-state index contributed by atoms with van der Waals surface area (Å²) in [6, 6.07) is 15.0. The van der Waals surface area contributed by atoms with Gasteiger partial charge in [0, 0.05) is 0 Å². The van der Waals surface area contributed by atoms with Crippen LogP contribution in [-0.2, 0) is 6.42 Å². The second-order valence-corrected chi connectivity index (χ2v) is 3.24. The van der Waals surface area contributed by atoms with Crippen LogP contribution in [0.25, 0.3) is 10.8 Å². The van der Waals surface area contributed by atoms with Crippen molar-refractivity contribution in [2.45, 2.75) is 20.0 Å². The molecule has 0 saturated carbocycles. The minimum atomic E-state index is -3.67. The Kier molecular flexibility index (Phi) is 7.95. The molecule has 0 aliphatic carbocycles. The number of hydrogen-bond donors (Lipinski definition) is 0. The maximum atomic E-state index is 9.67. The molecule has 0 bridgehead atoms. The molecule has 2 rings (SSSR count). The first-order chi connectivity index (χ1) is 7.65. The van der Waals surface area contributed by atoms with Crippen LogP contribution < -0.4 is 0 Å². The molecule has 17 heavy (non-hydrogen) atoms. The quantitative estimate of drug-likeness (QED) is 0.618. The fourth-order valence-corrected chi connectivity index (χ4v) is 1.60. The zero-order chi connectivity index (χ0) is 12.0. The van der Waals surface area contributed by atoms with Crippen LogP contribution in [0.2, 0.25) is 0 Å². The molecule has 0 heterocycles. The van der Waals surface area contributed by atoms with Gasteiger partial charge in [-0.05, 0) is 22.8 Å². The molecule has 0 amide bonds. The number of halogens is 4. The fourth-order valence-electron chi connectivity index (χ4n) is 1.60. The Labute approximate surface area is 116 Å². The summed E-state index contributed by atoms with van der Waals surface area (Å²) in [6.45, 7) is -1.47. The number of fused-ring (bicyclic) bond motifs is 1. The van der Waals surface area contributed by atoms with Crippen LogP contribution in [0.4, 0.5) is 13.2 Å². The smallest absolute Gasteiger partial charge is 0.174 e. The zero-order valence-corrected chi connectivity index (χ0v) is 11.7. The molecular weight excluding hydrogens is 340 g/mol. The number of rotatable bonds is 1. The van der Waals surface area contributed by atoms with Gasteiger partial charge in [0.05, 0.1) is 0 Å². The Morgan fingerprint density at radius 3 is 2.06 bits per heavy atom. The van der Waals surface area contributed by atoms with E-state index in [1.54, 1.807) is 0 Å². The first kappa shape index (κ1) is 16.2. The van der Waals surface area contributed by atoms with Gasteiger partial charge in [0.25, 0.3) is 0 Å². The van der Waals surface area contributed by atoms with E-state index in [4.69, 9.17) is 0 Å². The van der Waals surface area contributed by atoms with E-state index in [2.05, 4.69) is 49.4 Å². The van der Waals surface area contributed by atoms with E-state index in [-0.39, 0.29) is 24.0 Å². The Morgan fingerprint density at radius 1 is 0.941 bits per heavy atom. The first-order valence-corrected chi connectivity index (χ1v) is 5.04. The predicted octanol–water partition coefficient (Wildman–Crippen LogP) is 5.20. The summed E-state index contributed by atoms with van der Waals surface area (Å²) in [7, 11) is 0. The van der Waals surface area contributed by atoms with E-state index < -0.39 is 6.68 Å². The summed E-state index contributed by atoms with van der Waals surface area (Å²) in [5.74, 6) is 0.